The molecule has 1 aromatic heterocycles. The number of hydrogen-bond acceptors (Lipinski definition) is 3. The zero-order valence-corrected chi connectivity index (χ0v) is 10.0. The number of hydrogen-bond donors (Lipinski definition) is 2. The Labute approximate surface area is 107 Å². The molecule has 18 heavy (non-hydrogen) atoms. The summed E-state index contributed by atoms with van der Waals surface area (Å²) in [6, 6.07) is 6.77. The maximum absolute atomic E-state index is 13.4. The average molecular weight is 273 g/mol. The number of aliphatic hydroxyl groups is 1. The Kier molecular flexibility index (Phi) is 3.47. The summed E-state index contributed by atoms with van der Waals surface area (Å²) in [4.78, 5) is 4.01. The van der Waals surface area contributed by atoms with Crippen molar-refractivity contribution in [3.05, 3.63) is 41.0 Å². The Morgan fingerprint density at radius 3 is 2.72 bits per heavy atom. The number of para-hydroxylation sites is 1. The lowest BCUT2D eigenvalue weighted by Crippen LogP contribution is -2.36. The monoisotopic (exact) mass is 272 g/mol. The molecule has 0 saturated heterocycles. The Bertz CT molecular complexity index is 577. The SMILES string of the molecule is N[C@@H](c1cc2ccccc2nc1Cl)C(F)(F)CO. The Morgan fingerprint density at radius 1 is 1.39 bits per heavy atom. The van der Waals surface area contributed by atoms with Crippen molar-refractivity contribution in [3.8, 4) is 0 Å². The zero-order chi connectivity index (χ0) is 13.3. The van der Waals surface area contributed by atoms with E-state index >= 15 is 0 Å². The van der Waals surface area contributed by atoms with Crippen molar-refractivity contribution < 1.29 is 13.9 Å². The van der Waals surface area contributed by atoms with Crippen molar-refractivity contribution in [2.75, 3.05) is 6.61 Å². The molecule has 1 atom stereocenters. The second-order valence-corrected chi connectivity index (χ2v) is 4.32. The minimum absolute atomic E-state index is 0.0226. The number of aromatic nitrogens is 1. The Morgan fingerprint density at radius 2 is 2.06 bits per heavy atom. The van der Waals surface area contributed by atoms with Gasteiger partial charge in [0.2, 0.25) is 0 Å². The van der Waals surface area contributed by atoms with E-state index in [1.807, 2.05) is 0 Å². The van der Waals surface area contributed by atoms with Crippen LogP contribution in [-0.2, 0) is 0 Å². The summed E-state index contributed by atoms with van der Waals surface area (Å²) in [7, 11) is 0. The van der Waals surface area contributed by atoms with Crippen LogP contribution in [0.2, 0.25) is 5.15 Å². The summed E-state index contributed by atoms with van der Waals surface area (Å²) in [5.74, 6) is -3.44. The maximum atomic E-state index is 13.4. The molecule has 96 valence electrons. The van der Waals surface area contributed by atoms with Gasteiger partial charge in [0, 0.05) is 10.9 Å². The van der Waals surface area contributed by atoms with Crippen LogP contribution in [0.25, 0.3) is 10.9 Å². The molecule has 0 saturated carbocycles. The van der Waals surface area contributed by atoms with Crippen LogP contribution in [0.3, 0.4) is 0 Å². The lowest BCUT2D eigenvalue weighted by molar-refractivity contribution is -0.0711. The summed E-state index contributed by atoms with van der Waals surface area (Å²) in [5.41, 5.74) is 6.07. The van der Waals surface area contributed by atoms with E-state index < -0.39 is 18.6 Å². The molecule has 2 aromatic rings. The normalized spacial score (nSPS) is 13.8. The zero-order valence-electron chi connectivity index (χ0n) is 9.28. The van der Waals surface area contributed by atoms with Gasteiger partial charge < -0.3 is 10.8 Å². The fourth-order valence-electron chi connectivity index (χ4n) is 1.65. The summed E-state index contributed by atoms with van der Waals surface area (Å²) in [6.45, 7) is -1.34. The van der Waals surface area contributed by atoms with E-state index in [1.54, 1.807) is 24.3 Å². The largest absolute Gasteiger partial charge is 0.390 e. The number of aliphatic hydroxyl groups excluding tert-OH is 1. The molecule has 0 radical (unpaired) electrons. The molecule has 0 fully saturated rings. The van der Waals surface area contributed by atoms with Gasteiger partial charge in [-0.15, -0.1) is 0 Å². The summed E-state index contributed by atoms with van der Waals surface area (Å²) < 4.78 is 26.7. The number of nitrogens with zero attached hydrogens (tertiary/aromatic N) is 1. The molecule has 0 aliphatic carbocycles. The van der Waals surface area contributed by atoms with Gasteiger partial charge in [0.15, 0.2) is 0 Å². The Balaban J connectivity index is 2.54. The van der Waals surface area contributed by atoms with Crippen LogP contribution in [0, 0.1) is 0 Å². The van der Waals surface area contributed by atoms with Crippen molar-refractivity contribution in [1.29, 1.82) is 0 Å². The molecule has 2 rings (SSSR count). The van der Waals surface area contributed by atoms with Crippen LogP contribution in [0.15, 0.2) is 30.3 Å². The molecule has 1 heterocycles. The van der Waals surface area contributed by atoms with Gasteiger partial charge in [0.25, 0.3) is 5.92 Å². The molecule has 1 aromatic carbocycles. The van der Waals surface area contributed by atoms with Gasteiger partial charge in [-0.25, -0.2) is 13.8 Å². The molecule has 6 heteroatoms. The van der Waals surface area contributed by atoms with Crippen LogP contribution in [-0.4, -0.2) is 22.6 Å². The van der Waals surface area contributed by atoms with E-state index in [-0.39, 0.29) is 10.7 Å². The number of benzene rings is 1. The highest BCUT2D eigenvalue weighted by atomic mass is 35.5. The predicted molar refractivity (Wildman–Crippen MR) is 65.7 cm³/mol. The number of nitrogens with two attached hydrogens (primary N) is 1. The van der Waals surface area contributed by atoms with Crippen molar-refractivity contribution in [1.82, 2.24) is 4.98 Å². The summed E-state index contributed by atoms with van der Waals surface area (Å²) in [6.07, 6.45) is 0. The van der Waals surface area contributed by atoms with Crippen LogP contribution >= 0.6 is 11.6 Å². The van der Waals surface area contributed by atoms with Crippen LogP contribution < -0.4 is 5.73 Å². The second-order valence-electron chi connectivity index (χ2n) is 3.96. The third kappa shape index (κ3) is 2.29. The average Bonchev–Trinajstić information content (AvgIpc) is 2.37. The van der Waals surface area contributed by atoms with Crippen molar-refractivity contribution in [3.63, 3.8) is 0 Å². The lowest BCUT2D eigenvalue weighted by atomic mass is 10.0. The van der Waals surface area contributed by atoms with E-state index in [4.69, 9.17) is 22.4 Å². The van der Waals surface area contributed by atoms with E-state index in [9.17, 15) is 8.78 Å². The standard InChI is InChI=1S/C12H11ClF2N2O/c13-11-8(10(16)12(14,15)6-18)5-7-3-1-2-4-9(7)17-11/h1-5,10,18H,6,16H2/t10-/m0/s1. The first kappa shape index (κ1) is 13.1. The van der Waals surface area contributed by atoms with Gasteiger partial charge in [0.05, 0.1) is 11.6 Å². The highest BCUT2D eigenvalue weighted by Gasteiger charge is 2.38. The number of pyridine rings is 1. The van der Waals surface area contributed by atoms with Crippen molar-refractivity contribution in [2.24, 2.45) is 5.73 Å². The number of alkyl halides is 2. The van der Waals surface area contributed by atoms with Gasteiger partial charge in [-0.2, -0.15) is 0 Å². The second kappa shape index (κ2) is 4.76. The molecule has 0 amide bonds. The fraction of sp³-hybridized carbons (Fsp3) is 0.250. The van der Waals surface area contributed by atoms with Crippen LogP contribution in [0.5, 0.6) is 0 Å². The highest BCUT2D eigenvalue weighted by Crippen LogP contribution is 2.33. The molecule has 3 nitrogen and oxygen atoms in total. The smallest absolute Gasteiger partial charge is 0.289 e. The molecule has 0 spiro atoms. The first-order valence-corrected chi connectivity index (χ1v) is 5.63. The molecule has 0 aliphatic rings. The lowest BCUT2D eigenvalue weighted by Gasteiger charge is -2.22. The third-order valence-corrected chi connectivity index (χ3v) is 3.01. The van der Waals surface area contributed by atoms with E-state index in [1.165, 1.54) is 6.07 Å². The maximum Gasteiger partial charge on any atom is 0.289 e. The van der Waals surface area contributed by atoms with Gasteiger partial charge in [-0.3, -0.25) is 0 Å². The van der Waals surface area contributed by atoms with Crippen molar-refractivity contribution >= 4 is 22.5 Å². The van der Waals surface area contributed by atoms with E-state index in [0.717, 1.165) is 0 Å². The number of rotatable bonds is 3. The van der Waals surface area contributed by atoms with E-state index in [2.05, 4.69) is 4.98 Å². The third-order valence-electron chi connectivity index (χ3n) is 2.71. The summed E-state index contributed by atoms with van der Waals surface area (Å²) >= 11 is 5.86. The fourth-order valence-corrected chi connectivity index (χ4v) is 1.92. The van der Waals surface area contributed by atoms with Gasteiger partial charge in [0.1, 0.15) is 11.8 Å². The minimum atomic E-state index is -3.44. The minimum Gasteiger partial charge on any atom is -0.390 e. The topological polar surface area (TPSA) is 59.1 Å². The molecule has 0 unspecified atom stereocenters. The first-order valence-electron chi connectivity index (χ1n) is 5.25. The molecular weight excluding hydrogens is 262 g/mol. The Hall–Kier alpha value is -1.30. The van der Waals surface area contributed by atoms with Crippen LogP contribution in [0.4, 0.5) is 8.78 Å². The first-order chi connectivity index (χ1) is 8.45. The van der Waals surface area contributed by atoms with E-state index in [0.29, 0.717) is 10.9 Å². The molecule has 3 N–H and O–H groups in total. The quantitative estimate of drug-likeness (QED) is 0.844. The molecule has 0 bridgehead atoms. The predicted octanol–water partition coefficient (Wildman–Crippen LogP) is 2.52. The number of fused-ring (bicyclic) bond motifs is 1. The number of halogens is 3. The van der Waals surface area contributed by atoms with Gasteiger partial charge in [-0.1, -0.05) is 29.8 Å². The van der Waals surface area contributed by atoms with Crippen molar-refractivity contribution in [2.45, 2.75) is 12.0 Å². The van der Waals surface area contributed by atoms with Crippen LogP contribution in [0.1, 0.15) is 11.6 Å². The summed E-state index contributed by atoms with van der Waals surface area (Å²) in [5, 5.41) is 9.23. The molecular formula is C12H11ClF2N2O. The highest BCUT2D eigenvalue weighted by molar-refractivity contribution is 6.30. The van der Waals surface area contributed by atoms with Gasteiger partial charge >= 0.3 is 0 Å². The molecule has 0 aliphatic heterocycles. The van der Waals surface area contributed by atoms with Gasteiger partial charge in [-0.05, 0) is 12.1 Å².